The SMILES string of the molecule is Cc1cc(C(=O)NCCN2CCCS2(=O)=O)c(C)n1-c1ccc(C(C)C)cc1. The first-order chi connectivity index (χ1) is 13.2. The Morgan fingerprint density at radius 3 is 2.43 bits per heavy atom. The van der Waals surface area contributed by atoms with Crippen LogP contribution in [0.3, 0.4) is 0 Å². The van der Waals surface area contributed by atoms with Crippen LogP contribution in [0.25, 0.3) is 5.69 Å². The average Bonchev–Trinajstić information content (AvgIpc) is 3.13. The Morgan fingerprint density at radius 2 is 1.86 bits per heavy atom. The second-order valence-electron chi connectivity index (χ2n) is 7.69. The van der Waals surface area contributed by atoms with Gasteiger partial charge in [0.15, 0.2) is 0 Å². The second-order valence-corrected chi connectivity index (χ2v) is 9.78. The maximum absolute atomic E-state index is 12.6. The Kier molecular flexibility index (Phi) is 5.95. The van der Waals surface area contributed by atoms with E-state index in [1.807, 2.05) is 19.9 Å². The summed E-state index contributed by atoms with van der Waals surface area (Å²) < 4.78 is 27.2. The number of carbonyl (C=O) groups excluding carboxylic acids is 1. The molecule has 152 valence electrons. The molecular formula is C21H29N3O3S. The molecule has 0 atom stereocenters. The average molecular weight is 404 g/mol. The third kappa shape index (κ3) is 4.15. The van der Waals surface area contributed by atoms with Crippen molar-refractivity contribution >= 4 is 15.9 Å². The van der Waals surface area contributed by atoms with Crippen molar-refractivity contribution in [1.29, 1.82) is 0 Å². The van der Waals surface area contributed by atoms with Crippen LogP contribution in [0.1, 0.15) is 53.5 Å². The summed E-state index contributed by atoms with van der Waals surface area (Å²) in [7, 11) is -3.13. The highest BCUT2D eigenvalue weighted by atomic mass is 32.2. The number of hydrogen-bond acceptors (Lipinski definition) is 3. The smallest absolute Gasteiger partial charge is 0.253 e. The molecule has 0 radical (unpaired) electrons. The molecule has 1 amide bonds. The molecule has 0 spiro atoms. The van der Waals surface area contributed by atoms with Gasteiger partial charge in [0.25, 0.3) is 5.91 Å². The highest BCUT2D eigenvalue weighted by Crippen LogP contribution is 2.23. The van der Waals surface area contributed by atoms with E-state index in [1.54, 1.807) is 0 Å². The van der Waals surface area contributed by atoms with Gasteiger partial charge in [-0.25, -0.2) is 12.7 Å². The zero-order valence-electron chi connectivity index (χ0n) is 17.0. The summed E-state index contributed by atoms with van der Waals surface area (Å²) in [6.45, 7) is 9.42. The largest absolute Gasteiger partial charge is 0.351 e. The van der Waals surface area contributed by atoms with E-state index < -0.39 is 10.0 Å². The highest BCUT2D eigenvalue weighted by Gasteiger charge is 2.27. The standard InChI is InChI=1S/C21H29N3O3S/c1-15(2)18-6-8-19(9-7-18)24-16(3)14-20(17(24)4)21(25)22-10-12-23-11-5-13-28(23,26)27/h6-9,14-15H,5,10-13H2,1-4H3,(H,22,25). The molecule has 1 aliphatic rings. The summed E-state index contributed by atoms with van der Waals surface area (Å²) in [6.07, 6.45) is 0.660. The number of nitrogens with one attached hydrogen (secondary N) is 1. The molecule has 1 aromatic heterocycles. The van der Waals surface area contributed by atoms with Crippen LogP contribution >= 0.6 is 0 Å². The van der Waals surface area contributed by atoms with E-state index in [9.17, 15) is 13.2 Å². The lowest BCUT2D eigenvalue weighted by atomic mass is 10.0. The molecule has 28 heavy (non-hydrogen) atoms. The van der Waals surface area contributed by atoms with Crippen molar-refractivity contribution in [3.05, 3.63) is 52.8 Å². The number of aryl methyl sites for hydroxylation is 1. The second kappa shape index (κ2) is 8.09. The molecule has 1 N–H and O–H groups in total. The predicted octanol–water partition coefficient (Wildman–Crippen LogP) is 2.98. The monoisotopic (exact) mass is 403 g/mol. The van der Waals surface area contributed by atoms with Gasteiger partial charge in [0.2, 0.25) is 10.0 Å². The minimum atomic E-state index is -3.13. The number of sulfonamides is 1. The quantitative estimate of drug-likeness (QED) is 0.806. The van der Waals surface area contributed by atoms with E-state index in [2.05, 4.69) is 48.0 Å². The van der Waals surface area contributed by atoms with Crippen molar-refractivity contribution in [2.24, 2.45) is 0 Å². The molecule has 6 nitrogen and oxygen atoms in total. The third-order valence-corrected chi connectivity index (χ3v) is 7.30. The normalized spacial score (nSPS) is 16.6. The van der Waals surface area contributed by atoms with Gasteiger partial charge in [-0.05, 0) is 49.9 Å². The fraction of sp³-hybridized carbons (Fsp3) is 0.476. The zero-order valence-corrected chi connectivity index (χ0v) is 17.8. The lowest BCUT2D eigenvalue weighted by molar-refractivity contribution is 0.0951. The molecule has 0 unspecified atom stereocenters. The molecule has 2 aromatic rings. The highest BCUT2D eigenvalue weighted by molar-refractivity contribution is 7.89. The van der Waals surface area contributed by atoms with Crippen molar-refractivity contribution in [2.45, 2.75) is 40.0 Å². The molecule has 1 aliphatic heterocycles. The summed E-state index contributed by atoms with van der Waals surface area (Å²) >= 11 is 0. The minimum Gasteiger partial charge on any atom is -0.351 e. The van der Waals surface area contributed by atoms with Crippen LogP contribution in [-0.4, -0.2) is 48.6 Å². The maximum Gasteiger partial charge on any atom is 0.253 e. The molecule has 7 heteroatoms. The van der Waals surface area contributed by atoms with Crippen LogP contribution in [0.2, 0.25) is 0 Å². The first-order valence-corrected chi connectivity index (χ1v) is 11.4. The lowest BCUT2D eigenvalue weighted by Gasteiger charge is -2.14. The van der Waals surface area contributed by atoms with Crippen LogP contribution in [0.5, 0.6) is 0 Å². The van der Waals surface area contributed by atoms with E-state index in [0.29, 0.717) is 37.5 Å². The molecule has 2 heterocycles. The van der Waals surface area contributed by atoms with Gasteiger partial charge in [-0.3, -0.25) is 4.79 Å². The van der Waals surface area contributed by atoms with Gasteiger partial charge < -0.3 is 9.88 Å². The van der Waals surface area contributed by atoms with E-state index >= 15 is 0 Å². The van der Waals surface area contributed by atoms with Crippen LogP contribution < -0.4 is 5.32 Å². The number of benzene rings is 1. The van der Waals surface area contributed by atoms with Gasteiger partial charge in [-0.1, -0.05) is 26.0 Å². The molecule has 3 rings (SSSR count). The van der Waals surface area contributed by atoms with Gasteiger partial charge >= 0.3 is 0 Å². The van der Waals surface area contributed by atoms with Crippen LogP contribution in [-0.2, 0) is 10.0 Å². The Labute approximate surface area is 167 Å². The van der Waals surface area contributed by atoms with Crippen LogP contribution in [0.15, 0.2) is 30.3 Å². The molecule has 1 fully saturated rings. The maximum atomic E-state index is 12.6. The van der Waals surface area contributed by atoms with Crippen LogP contribution in [0, 0.1) is 13.8 Å². The van der Waals surface area contributed by atoms with Gasteiger partial charge in [0, 0.05) is 36.7 Å². The first kappa shape index (κ1) is 20.6. The van der Waals surface area contributed by atoms with Gasteiger partial charge in [0.1, 0.15) is 0 Å². The Balaban J connectivity index is 1.71. The Morgan fingerprint density at radius 1 is 1.18 bits per heavy atom. The number of amides is 1. The number of nitrogens with zero attached hydrogens (tertiary/aromatic N) is 2. The summed E-state index contributed by atoms with van der Waals surface area (Å²) in [5.41, 5.74) is 4.79. The van der Waals surface area contributed by atoms with Crippen molar-refractivity contribution < 1.29 is 13.2 Å². The number of hydrogen-bond donors (Lipinski definition) is 1. The number of carbonyl (C=O) groups is 1. The Hall–Kier alpha value is -2.12. The summed E-state index contributed by atoms with van der Waals surface area (Å²) in [4.78, 5) is 12.6. The molecule has 1 saturated heterocycles. The van der Waals surface area contributed by atoms with E-state index in [1.165, 1.54) is 9.87 Å². The molecular weight excluding hydrogens is 374 g/mol. The van der Waals surface area contributed by atoms with Crippen LogP contribution in [0.4, 0.5) is 0 Å². The fourth-order valence-corrected chi connectivity index (χ4v) is 5.26. The Bertz CT molecular complexity index is 960. The molecule has 0 aliphatic carbocycles. The van der Waals surface area contributed by atoms with E-state index in [0.717, 1.165) is 17.1 Å². The minimum absolute atomic E-state index is 0.172. The molecule has 1 aromatic carbocycles. The van der Waals surface area contributed by atoms with Crippen molar-refractivity contribution in [1.82, 2.24) is 14.2 Å². The third-order valence-electron chi connectivity index (χ3n) is 5.34. The van der Waals surface area contributed by atoms with Gasteiger partial charge in [0.05, 0.1) is 11.3 Å². The van der Waals surface area contributed by atoms with E-state index in [-0.39, 0.29) is 11.7 Å². The molecule has 0 bridgehead atoms. The molecule has 0 saturated carbocycles. The topological polar surface area (TPSA) is 71.4 Å². The van der Waals surface area contributed by atoms with Crippen molar-refractivity contribution in [2.75, 3.05) is 25.4 Å². The number of rotatable bonds is 6. The number of aromatic nitrogens is 1. The first-order valence-electron chi connectivity index (χ1n) is 9.76. The predicted molar refractivity (Wildman–Crippen MR) is 112 cm³/mol. The summed E-state index contributed by atoms with van der Waals surface area (Å²) in [5, 5.41) is 2.86. The van der Waals surface area contributed by atoms with Crippen molar-refractivity contribution in [3.8, 4) is 5.69 Å². The van der Waals surface area contributed by atoms with Gasteiger partial charge in [-0.15, -0.1) is 0 Å². The zero-order chi connectivity index (χ0) is 20.5. The fourth-order valence-electron chi connectivity index (χ4n) is 3.73. The van der Waals surface area contributed by atoms with Gasteiger partial charge in [-0.2, -0.15) is 0 Å². The lowest BCUT2D eigenvalue weighted by Crippen LogP contribution is -2.36. The van der Waals surface area contributed by atoms with Crippen molar-refractivity contribution in [3.63, 3.8) is 0 Å². The van der Waals surface area contributed by atoms with E-state index in [4.69, 9.17) is 0 Å². The summed E-state index contributed by atoms with van der Waals surface area (Å²) in [5.74, 6) is 0.508. The summed E-state index contributed by atoms with van der Waals surface area (Å²) in [6, 6.07) is 10.3.